The minimum absolute atomic E-state index is 0.00881. The molecule has 1 aromatic heterocycles. The second-order valence-corrected chi connectivity index (χ2v) is 29.6. The summed E-state index contributed by atoms with van der Waals surface area (Å²) in [7, 11) is 0. The second kappa shape index (κ2) is 48.8. The highest BCUT2D eigenvalue weighted by Gasteiger charge is 2.26. The Kier molecular flexibility index (Phi) is 37.3. The van der Waals surface area contributed by atoms with Gasteiger partial charge < -0.3 is 35.5 Å². The van der Waals surface area contributed by atoms with Gasteiger partial charge in [0, 0.05) is 123 Å². The molecule has 666 valence electrons. The van der Waals surface area contributed by atoms with Crippen molar-refractivity contribution in [2.45, 2.75) is 81.1 Å². The fourth-order valence-corrected chi connectivity index (χ4v) is 13.5. The first-order valence-electron chi connectivity index (χ1n) is 39.7. The quantitative estimate of drug-likeness (QED) is 0.0178. The molecule has 0 radical (unpaired) electrons. The van der Waals surface area contributed by atoms with Crippen molar-refractivity contribution in [3.05, 3.63) is 294 Å². The molecule has 11 aromatic carbocycles. The van der Waals surface area contributed by atoms with Crippen molar-refractivity contribution < 1.29 is 49.3 Å². The van der Waals surface area contributed by atoms with E-state index in [1.54, 1.807) is 74.5 Å². The number of aromatic hydroxyl groups is 2. The van der Waals surface area contributed by atoms with Crippen LogP contribution in [0.15, 0.2) is 268 Å². The van der Waals surface area contributed by atoms with E-state index in [0.29, 0.717) is 64.8 Å². The molecule has 0 aliphatic heterocycles. The monoisotopic (exact) mass is 1860 g/mol. The molecule has 0 spiro atoms. The number of nitrogens with zero attached hydrogens (tertiary/aromatic N) is 21. The molecule has 0 aliphatic carbocycles. The third-order valence-electron chi connectivity index (χ3n) is 18.6. The maximum atomic E-state index is 12.0. The normalized spacial score (nSPS) is 10.9. The summed E-state index contributed by atoms with van der Waals surface area (Å²) in [6.07, 6.45) is 2.97. The summed E-state index contributed by atoms with van der Waals surface area (Å²) in [4.78, 5) is 91.8. The molecule has 0 saturated heterocycles. The minimum atomic E-state index is -0.754. The minimum Gasteiger partial charge on any atom is -0.506 e. The Labute approximate surface area is 759 Å². The molecule has 4 N–H and O–H groups in total. The largest absolute Gasteiger partial charge is 0.506 e. The van der Waals surface area contributed by atoms with Crippen molar-refractivity contribution in [3.8, 4) is 23.6 Å². The van der Waals surface area contributed by atoms with Gasteiger partial charge in [0.1, 0.15) is 57.8 Å². The summed E-state index contributed by atoms with van der Waals surface area (Å²) in [6, 6.07) is 61.6. The fraction of sp³-hybridized carbons (Fsp3) is 0.205. The van der Waals surface area contributed by atoms with E-state index in [-0.39, 0.29) is 94.6 Å². The van der Waals surface area contributed by atoms with E-state index in [1.165, 1.54) is 61.5 Å². The standard InChI is InChI=1S/C20H21BrN6O3.C19H21N5O2.C17H13N3O3.C16H10ClN3O3.C16H18N6O5S/c1-4-19(28)23-18-11-14(26(5-2)6-3)7-8-17(18)24-25-20-13(12-22)9-15(27(29)30)10-16(20)21;1-2-3-14-23(15-4-13-20)18-9-5-16(6-10-18)21-22-17-7-11-19(12-8-17)24(25)26;1-11-6-8-14(15(10-11)20(22)23)18-19-17-13-5-3-2-4-12(13)7-9-16(17)21;17-13-9-11(20(22)23)6-7-14(13)18-19-16-12-4-2-1-3-10(12)5-8-15(16)21;1-4-20(5-2)11-6-7-12(13(8-11)17-10(3)23)18-19-16-14(21(24)25)9-15(28-16)22(26)27/h7-11H,4-6H2,1-3H3,(H,23,28);5-12H,2-4,14-15H2,1H3;2-10,21H,1H3;1-9,21H;6-9H,4-5H2,1-3H3,(H,17,23). The number of thiophene rings is 1. The molecule has 1 heterocycles. The first kappa shape index (κ1) is 99.2. The molecule has 0 fully saturated rings. The lowest BCUT2D eigenvalue weighted by Gasteiger charge is -2.23. The van der Waals surface area contributed by atoms with Crippen molar-refractivity contribution >= 4 is 190 Å². The Morgan fingerprint density at radius 3 is 1.43 bits per heavy atom. The van der Waals surface area contributed by atoms with Crippen molar-refractivity contribution in [2.24, 2.45) is 51.1 Å². The molecule has 0 bridgehead atoms. The predicted molar refractivity (Wildman–Crippen MR) is 501 cm³/mol. The van der Waals surface area contributed by atoms with Crippen molar-refractivity contribution in [3.63, 3.8) is 0 Å². The Hall–Kier alpha value is -16.3. The van der Waals surface area contributed by atoms with E-state index in [2.05, 4.69) is 105 Å². The van der Waals surface area contributed by atoms with Crippen LogP contribution in [0.4, 0.5) is 118 Å². The van der Waals surface area contributed by atoms with Gasteiger partial charge in [-0.2, -0.15) is 20.8 Å². The summed E-state index contributed by atoms with van der Waals surface area (Å²) in [5.74, 6) is -0.518. The van der Waals surface area contributed by atoms with Gasteiger partial charge in [0.15, 0.2) is 5.69 Å². The summed E-state index contributed by atoms with van der Waals surface area (Å²) >= 11 is 9.74. The van der Waals surface area contributed by atoms with E-state index < -0.39 is 40.2 Å². The molecular weight excluding hydrogens is 1780 g/mol. The van der Waals surface area contributed by atoms with Crippen LogP contribution in [-0.2, 0) is 9.59 Å². The maximum Gasteiger partial charge on any atom is 0.333 e. The highest BCUT2D eigenvalue weighted by atomic mass is 79.9. The number of benzene rings is 11. The molecule has 2 amide bonds. The van der Waals surface area contributed by atoms with Gasteiger partial charge in [-0.05, 0) is 182 Å². The zero-order valence-corrected chi connectivity index (χ0v) is 74.1. The van der Waals surface area contributed by atoms with Gasteiger partial charge >= 0.3 is 10.7 Å². The number of nitro benzene ring substituents is 4. The number of nitro groups is 6. The van der Waals surface area contributed by atoms with Crippen LogP contribution >= 0.6 is 38.9 Å². The van der Waals surface area contributed by atoms with Crippen molar-refractivity contribution in [1.29, 1.82) is 10.5 Å². The molecule has 0 unspecified atom stereocenters. The number of unbranched alkanes of at least 4 members (excludes halogenated alkanes) is 1. The lowest BCUT2D eigenvalue weighted by molar-refractivity contribution is -0.389. The summed E-state index contributed by atoms with van der Waals surface area (Å²) in [6.45, 7) is 19.8. The molecule has 39 nitrogen and oxygen atoms in total. The first-order chi connectivity index (χ1) is 62.3. The zero-order valence-electron chi connectivity index (χ0n) is 70.9. The Bertz CT molecular complexity index is 6400. The number of anilines is 5. The number of non-ortho nitro benzene ring substituents is 3. The van der Waals surface area contributed by atoms with Gasteiger partial charge in [-0.15, -0.1) is 40.9 Å². The molecule has 12 aromatic rings. The molecule has 42 heteroatoms. The number of phenolic OH excluding ortho intramolecular Hbond substituents is 2. The number of azo groups is 5. The average molecular weight is 1870 g/mol. The van der Waals surface area contributed by atoms with Crippen LogP contribution in [-0.4, -0.2) is 90.8 Å². The number of rotatable bonds is 31. The van der Waals surface area contributed by atoms with Crippen molar-refractivity contribution in [2.75, 3.05) is 64.6 Å². The highest BCUT2D eigenvalue weighted by Crippen LogP contribution is 2.45. The summed E-state index contributed by atoms with van der Waals surface area (Å²) < 4.78 is 0.274. The Morgan fingerprint density at radius 1 is 0.469 bits per heavy atom. The maximum absolute atomic E-state index is 12.0. The van der Waals surface area contributed by atoms with Crippen LogP contribution in [0.2, 0.25) is 5.02 Å². The lowest BCUT2D eigenvalue weighted by atomic mass is 10.1. The van der Waals surface area contributed by atoms with Crippen molar-refractivity contribution in [1.82, 2.24) is 0 Å². The van der Waals surface area contributed by atoms with Gasteiger partial charge in [0.2, 0.25) is 16.8 Å². The van der Waals surface area contributed by atoms with E-state index >= 15 is 0 Å². The van der Waals surface area contributed by atoms with Crippen LogP contribution in [0.1, 0.15) is 85.3 Å². The fourth-order valence-electron chi connectivity index (χ4n) is 12.0. The van der Waals surface area contributed by atoms with Crippen LogP contribution in [0.25, 0.3) is 21.5 Å². The van der Waals surface area contributed by atoms with Gasteiger partial charge in [-0.25, -0.2) is 0 Å². The van der Waals surface area contributed by atoms with Crippen LogP contribution in [0.3, 0.4) is 0 Å². The molecular formula is C88H83BrClN23O16S. The average Bonchev–Trinajstić information content (AvgIpc) is 1.18. The first-order valence-corrected chi connectivity index (χ1v) is 41.7. The Balaban J connectivity index is 0.000000201. The topological polar surface area (TPSA) is 538 Å². The van der Waals surface area contributed by atoms with Gasteiger partial charge in [-0.3, -0.25) is 70.3 Å². The summed E-state index contributed by atoms with van der Waals surface area (Å²) in [5, 5.41) is 152. The van der Waals surface area contributed by atoms with E-state index in [1.807, 2.05) is 119 Å². The van der Waals surface area contributed by atoms with Gasteiger partial charge in [-0.1, -0.05) is 98.6 Å². The SMILES string of the molecule is CCC(=O)Nc1cc(N(CC)CC)ccc1N=Nc1c(Br)cc([N+](=O)[O-])cc1C#N.CCCCN(CCC#N)c1ccc(N=Nc2ccc([N+](=O)[O-])cc2)cc1.CCN(CC)c1ccc(N=Nc2sc([N+](=O)[O-])cc2[N+](=O)[O-])c(NC(C)=O)c1.Cc1ccc(N=Nc2c(O)ccc3ccccc23)c([N+](=O)[O-])c1.O=[N+]([O-])c1ccc(N=Nc2c(O)ccc3ccccc23)c(Cl)c1. The molecule has 12 rings (SSSR count). The summed E-state index contributed by atoms with van der Waals surface area (Å²) in [5.41, 5.74) is 6.71. The number of phenols is 2. The Morgan fingerprint density at radius 2 is 0.946 bits per heavy atom. The van der Waals surface area contributed by atoms with Gasteiger partial charge in [0.05, 0.1) is 79.8 Å². The molecule has 0 atom stereocenters. The molecule has 0 saturated carbocycles. The lowest BCUT2D eigenvalue weighted by Crippen LogP contribution is -2.25. The van der Waals surface area contributed by atoms with Crippen LogP contribution < -0.4 is 25.3 Å². The smallest absolute Gasteiger partial charge is 0.333 e. The van der Waals surface area contributed by atoms with Gasteiger partial charge in [0.25, 0.3) is 22.7 Å². The van der Waals surface area contributed by atoms with Crippen LogP contribution in [0, 0.1) is 90.3 Å². The third kappa shape index (κ3) is 28.1. The number of aryl methyl sites for hydroxylation is 1. The number of hydrogen-bond donors (Lipinski definition) is 4. The predicted octanol–water partition coefficient (Wildman–Crippen LogP) is 26.9. The highest BCUT2D eigenvalue weighted by molar-refractivity contribution is 9.10. The number of nitrogens with one attached hydrogen (secondary N) is 2. The number of amides is 2. The number of carbonyl (C=O) groups is 2. The number of nitriles is 2. The van der Waals surface area contributed by atoms with E-state index in [0.717, 1.165) is 102 Å². The van der Waals surface area contributed by atoms with E-state index in [4.69, 9.17) is 16.9 Å². The van der Waals surface area contributed by atoms with Crippen LogP contribution in [0.5, 0.6) is 11.5 Å². The third-order valence-corrected chi connectivity index (χ3v) is 20.5. The molecule has 130 heavy (non-hydrogen) atoms. The number of hydrogen-bond acceptors (Lipinski definition) is 32. The zero-order chi connectivity index (χ0) is 94.7. The number of halogens is 2. The molecule has 0 aliphatic rings. The number of fused-ring (bicyclic) bond motifs is 2. The van der Waals surface area contributed by atoms with E-state index in [9.17, 15) is 85.7 Å². The number of carbonyl (C=O) groups excluding carboxylic acids is 2. The second-order valence-electron chi connectivity index (χ2n) is 27.3.